The molecule has 5 heteroatoms. The average molecular weight is 223 g/mol. The van der Waals surface area contributed by atoms with Gasteiger partial charge in [-0.25, -0.2) is 0 Å². The maximum Gasteiger partial charge on any atom is 0.257 e. The van der Waals surface area contributed by atoms with E-state index in [4.69, 9.17) is 4.74 Å². The first-order valence-corrected chi connectivity index (χ1v) is 5.58. The third-order valence-electron chi connectivity index (χ3n) is 3.00. The summed E-state index contributed by atoms with van der Waals surface area (Å²) >= 11 is 0. The molecule has 88 valence electrons. The van der Waals surface area contributed by atoms with Crippen molar-refractivity contribution in [1.82, 2.24) is 15.3 Å². The van der Waals surface area contributed by atoms with Gasteiger partial charge >= 0.3 is 0 Å². The van der Waals surface area contributed by atoms with Gasteiger partial charge in [-0.15, -0.1) is 0 Å². The van der Waals surface area contributed by atoms with Crippen LogP contribution in [0.4, 0.5) is 0 Å². The molecule has 2 rings (SSSR count). The first-order chi connectivity index (χ1) is 7.72. The van der Waals surface area contributed by atoms with Crippen LogP contribution < -0.4 is 15.6 Å². The normalized spacial score (nSPS) is 20.8. The van der Waals surface area contributed by atoms with Gasteiger partial charge in [-0.2, -0.15) is 4.98 Å². The Hall–Kier alpha value is -1.36. The zero-order valence-corrected chi connectivity index (χ0v) is 9.67. The molecular formula is C11H17N3O2. The summed E-state index contributed by atoms with van der Waals surface area (Å²) in [5.41, 5.74) is 0.433. The van der Waals surface area contributed by atoms with Gasteiger partial charge in [0.25, 0.3) is 5.56 Å². The van der Waals surface area contributed by atoms with E-state index < -0.39 is 0 Å². The molecule has 0 aromatic carbocycles. The predicted molar refractivity (Wildman–Crippen MR) is 61.0 cm³/mol. The smallest absolute Gasteiger partial charge is 0.257 e. The SMILES string of the molecule is COc1nc(C2CCCNC2)[nH]c(=O)c1C. The maximum atomic E-state index is 11.7. The highest BCUT2D eigenvalue weighted by atomic mass is 16.5. The Balaban J connectivity index is 2.33. The zero-order valence-electron chi connectivity index (χ0n) is 9.67. The third-order valence-corrected chi connectivity index (χ3v) is 3.00. The van der Waals surface area contributed by atoms with Crippen LogP contribution in [-0.4, -0.2) is 30.2 Å². The molecule has 5 nitrogen and oxygen atoms in total. The summed E-state index contributed by atoms with van der Waals surface area (Å²) in [4.78, 5) is 18.9. The molecular weight excluding hydrogens is 206 g/mol. The number of nitrogens with one attached hydrogen (secondary N) is 2. The van der Waals surface area contributed by atoms with Gasteiger partial charge in [0.2, 0.25) is 5.88 Å². The van der Waals surface area contributed by atoms with Crippen LogP contribution in [0.15, 0.2) is 4.79 Å². The minimum atomic E-state index is -0.104. The number of piperidine rings is 1. The summed E-state index contributed by atoms with van der Waals surface area (Å²) in [6.45, 7) is 3.63. The van der Waals surface area contributed by atoms with Crippen LogP contribution in [-0.2, 0) is 0 Å². The number of H-pyrrole nitrogens is 1. The molecule has 0 amide bonds. The monoisotopic (exact) mass is 223 g/mol. The lowest BCUT2D eigenvalue weighted by molar-refractivity contribution is 0.381. The fourth-order valence-electron chi connectivity index (χ4n) is 2.01. The molecule has 1 aromatic rings. The van der Waals surface area contributed by atoms with Gasteiger partial charge in [0.1, 0.15) is 5.82 Å². The van der Waals surface area contributed by atoms with E-state index in [0.717, 1.165) is 31.8 Å². The van der Waals surface area contributed by atoms with E-state index in [1.807, 2.05) is 0 Å². The van der Waals surface area contributed by atoms with Gasteiger partial charge < -0.3 is 15.0 Å². The van der Waals surface area contributed by atoms with Crippen molar-refractivity contribution < 1.29 is 4.74 Å². The first kappa shape index (κ1) is 11.1. The van der Waals surface area contributed by atoms with E-state index in [2.05, 4.69) is 15.3 Å². The second-order valence-electron chi connectivity index (χ2n) is 4.13. The molecule has 1 saturated heterocycles. The summed E-state index contributed by atoms with van der Waals surface area (Å²) in [7, 11) is 1.54. The predicted octanol–water partition coefficient (Wildman–Crippen LogP) is 0.554. The van der Waals surface area contributed by atoms with Gasteiger partial charge in [-0.05, 0) is 26.3 Å². The summed E-state index contributed by atoms with van der Waals surface area (Å²) in [6, 6.07) is 0. The van der Waals surface area contributed by atoms with Crippen molar-refractivity contribution in [2.75, 3.05) is 20.2 Å². The molecule has 2 N–H and O–H groups in total. The van der Waals surface area contributed by atoms with Crippen LogP contribution in [0, 0.1) is 6.92 Å². The van der Waals surface area contributed by atoms with Crippen molar-refractivity contribution in [3.8, 4) is 5.88 Å². The van der Waals surface area contributed by atoms with Crippen LogP contribution in [0.5, 0.6) is 5.88 Å². The lowest BCUT2D eigenvalue weighted by atomic mass is 9.99. The summed E-state index contributed by atoms with van der Waals surface area (Å²) in [6.07, 6.45) is 2.17. The standard InChI is InChI=1S/C11H17N3O2/c1-7-10(15)13-9(14-11(7)16-2)8-4-3-5-12-6-8/h8,12H,3-6H2,1-2H3,(H,13,14,15). The Labute approximate surface area is 94.2 Å². The molecule has 1 atom stereocenters. The summed E-state index contributed by atoms with van der Waals surface area (Å²) < 4.78 is 5.11. The van der Waals surface area contributed by atoms with Crippen LogP contribution >= 0.6 is 0 Å². The fraction of sp³-hybridized carbons (Fsp3) is 0.636. The quantitative estimate of drug-likeness (QED) is 0.768. The van der Waals surface area contributed by atoms with E-state index in [-0.39, 0.29) is 11.5 Å². The highest BCUT2D eigenvalue weighted by molar-refractivity contribution is 5.23. The average Bonchev–Trinajstić information content (AvgIpc) is 2.33. The molecule has 1 aromatic heterocycles. The van der Waals surface area contributed by atoms with Crippen molar-refractivity contribution in [3.63, 3.8) is 0 Å². The lowest BCUT2D eigenvalue weighted by Crippen LogP contribution is -2.31. The Bertz CT molecular complexity index is 422. The number of hydrogen-bond acceptors (Lipinski definition) is 4. The summed E-state index contributed by atoms with van der Waals surface area (Å²) in [5, 5.41) is 3.30. The van der Waals surface area contributed by atoms with E-state index in [0.29, 0.717) is 11.4 Å². The molecule has 0 spiro atoms. The molecule has 2 heterocycles. The van der Waals surface area contributed by atoms with Crippen molar-refractivity contribution in [2.24, 2.45) is 0 Å². The van der Waals surface area contributed by atoms with Gasteiger partial charge in [0, 0.05) is 12.5 Å². The van der Waals surface area contributed by atoms with Crippen molar-refractivity contribution in [1.29, 1.82) is 0 Å². The molecule has 0 radical (unpaired) electrons. The largest absolute Gasteiger partial charge is 0.481 e. The van der Waals surface area contributed by atoms with Gasteiger partial charge in [-0.3, -0.25) is 4.79 Å². The highest BCUT2D eigenvalue weighted by Gasteiger charge is 2.19. The number of nitrogens with zero attached hydrogens (tertiary/aromatic N) is 1. The molecule has 0 saturated carbocycles. The molecule has 0 bridgehead atoms. The molecule has 1 aliphatic rings. The van der Waals surface area contributed by atoms with E-state index in [1.165, 1.54) is 7.11 Å². The second kappa shape index (κ2) is 4.65. The van der Waals surface area contributed by atoms with Gasteiger partial charge in [0.05, 0.1) is 12.7 Å². The fourth-order valence-corrected chi connectivity index (χ4v) is 2.01. The topological polar surface area (TPSA) is 67.0 Å². The number of aromatic amines is 1. The van der Waals surface area contributed by atoms with Gasteiger partial charge in [0.15, 0.2) is 0 Å². The molecule has 1 unspecified atom stereocenters. The summed E-state index contributed by atoms with van der Waals surface area (Å²) in [5.74, 6) is 1.46. The second-order valence-corrected chi connectivity index (χ2v) is 4.13. The van der Waals surface area contributed by atoms with Crippen LogP contribution in [0.25, 0.3) is 0 Å². The van der Waals surface area contributed by atoms with Crippen molar-refractivity contribution >= 4 is 0 Å². The number of hydrogen-bond donors (Lipinski definition) is 2. The van der Waals surface area contributed by atoms with Crippen LogP contribution in [0.2, 0.25) is 0 Å². The Morgan fingerprint density at radius 2 is 2.31 bits per heavy atom. The highest BCUT2D eigenvalue weighted by Crippen LogP contribution is 2.21. The third kappa shape index (κ3) is 2.09. The number of aromatic nitrogens is 2. The number of methoxy groups -OCH3 is 1. The van der Waals surface area contributed by atoms with Crippen molar-refractivity contribution in [2.45, 2.75) is 25.7 Å². The van der Waals surface area contributed by atoms with Crippen LogP contribution in [0.3, 0.4) is 0 Å². The van der Waals surface area contributed by atoms with E-state index >= 15 is 0 Å². The number of ether oxygens (including phenoxy) is 1. The minimum Gasteiger partial charge on any atom is -0.481 e. The minimum absolute atomic E-state index is 0.104. The molecule has 0 aliphatic carbocycles. The first-order valence-electron chi connectivity index (χ1n) is 5.58. The Morgan fingerprint density at radius 3 is 2.94 bits per heavy atom. The van der Waals surface area contributed by atoms with Crippen molar-refractivity contribution in [3.05, 3.63) is 21.7 Å². The maximum absolute atomic E-state index is 11.7. The molecule has 1 aliphatic heterocycles. The van der Waals surface area contributed by atoms with E-state index in [9.17, 15) is 4.79 Å². The van der Waals surface area contributed by atoms with E-state index in [1.54, 1.807) is 6.92 Å². The number of rotatable bonds is 2. The molecule has 1 fully saturated rings. The Morgan fingerprint density at radius 1 is 1.50 bits per heavy atom. The van der Waals surface area contributed by atoms with Crippen LogP contribution in [0.1, 0.15) is 30.1 Å². The van der Waals surface area contributed by atoms with Gasteiger partial charge in [-0.1, -0.05) is 0 Å². The lowest BCUT2D eigenvalue weighted by Gasteiger charge is -2.22. The molecule has 16 heavy (non-hydrogen) atoms. The zero-order chi connectivity index (χ0) is 11.5. The Kier molecular flexibility index (Phi) is 3.24.